The Morgan fingerprint density at radius 2 is 1.95 bits per heavy atom. The molecule has 3 unspecified atom stereocenters. The number of fused-ring (bicyclic) bond motifs is 2. The van der Waals surface area contributed by atoms with Crippen LogP contribution in [0.4, 0.5) is 0 Å². The van der Waals surface area contributed by atoms with Gasteiger partial charge < -0.3 is 0 Å². The molecule has 4 rings (SSSR count). The van der Waals surface area contributed by atoms with E-state index < -0.39 is 8.80 Å². The van der Waals surface area contributed by atoms with Crippen molar-refractivity contribution in [2.24, 2.45) is 17.3 Å². The molecule has 3 fully saturated rings. The van der Waals surface area contributed by atoms with Gasteiger partial charge in [0.25, 0.3) is 0 Å². The fourth-order valence-corrected chi connectivity index (χ4v) is 6.56. The summed E-state index contributed by atoms with van der Waals surface area (Å²) in [5.74, 6) is 1.74. The van der Waals surface area contributed by atoms with Gasteiger partial charge in [-0.05, 0) is 47.6 Å². The summed E-state index contributed by atoms with van der Waals surface area (Å²) in [4.78, 5) is 0. The van der Waals surface area contributed by atoms with Gasteiger partial charge in [0.2, 0.25) is 0 Å². The zero-order chi connectivity index (χ0) is 15.4. The molecule has 0 heterocycles. The Labute approximate surface area is 132 Å². The summed E-state index contributed by atoms with van der Waals surface area (Å²) < 4.78 is 0. The molecule has 0 nitrogen and oxygen atoms in total. The molecule has 1 aromatic carbocycles. The maximum atomic E-state index is 4.00. The van der Waals surface area contributed by atoms with Crippen molar-refractivity contribution in [1.82, 2.24) is 0 Å². The molecule has 21 heavy (non-hydrogen) atoms. The van der Waals surface area contributed by atoms with Crippen molar-refractivity contribution < 1.29 is 0 Å². The van der Waals surface area contributed by atoms with Gasteiger partial charge in [0.15, 0.2) is 0 Å². The van der Waals surface area contributed by atoms with Crippen LogP contribution in [0.2, 0.25) is 13.1 Å². The molecule has 0 saturated heterocycles. The Bertz CT molecular complexity index is 569. The quantitative estimate of drug-likeness (QED) is 0.688. The maximum Gasteiger partial charge on any atom is 0.0799 e. The highest BCUT2D eigenvalue weighted by atomic mass is 28.3. The summed E-state index contributed by atoms with van der Waals surface area (Å²) in [6, 6.07) is 7.28. The lowest BCUT2D eigenvalue weighted by Gasteiger charge is -2.69. The lowest BCUT2D eigenvalue weighted by molar-refractivity contribution is -0.133. The van der Waals surface area contributed by atoms with E-state index in [-0.39, 0.29) is 0 Å². The van der Waals surface area contributed by atoms with Crippen LogP contribution in [0.25, 0.3) is 6.08 Å². The fourth-order valence-electron chi connectivity index (χ4n) is 5.36. The van der Waals surface area contributed by atoms with E-state index in [1.807, 2.05) is 6.08 Å². The van der Waals surface area contributed by atoms with Crippen molar-refractivity contribution in [3.63, 3.8) is 0 Å². The Morgan fingerprint density at radius 1 is 1.24 bits per heavy atom. The van der Waals surface area contributed by atoms with Crippen LogP contribution in [0.15, 0.2) is 24.8 Å². The van der Waals surface area contributed by atoms with E-state index in [1.54, 1.807) is 10.8 Å². The predicted molar refractivity (Wildman–Crippen MR) is 95.6 cm³/mol. The van der Waals surface area contributed by atoms with Gasteiger partial charge in [0, 0.05) is 5.41 Å². The first-order valence-electron chi connectivity index (χ1n) is 8.42. The second-order valence-corrected chi connectivity index (χ2v) is 10.6. The van der Waals surface area contributed by atoms with Crippen LogP contribution in [-0.2, 0) is 5.41 Å². The van der Waals surface area contributed by atoms with Crippen LogP contribution in [0.3, 0.4) is 0 Å². The van der Waals surface area contributed by atoms with Gasteiger partial charge in [0.1, 0.15) is 0 Å². The first-order valence-corrected chi connectivity index (χ1v) is 10.9. The Morgan fingerprint density at radius 3 is 2.48 bits per heavy atom. The van der Waals surface area contributed by atoms with Gasteiger partial charge in [-0.1, -0.05) is 69.9 Å². The highest BCUT2D eigenvalue weighted by Crippen LogP contribution is 2.70. The topological polar surface area (TPSA) is 0 Å². The molecule has 0 N–H and O–H groups in total. The van der Waals surface area contributed by atoms with Gasteiger partial charge in [-0.15, -0.1) is 0 Å². The normalized spacial score (nSPS) is 33.6. The van der Waals surface area contributed by atoms with Gasteiger partial charge in [-0.3, -0.25) is 0 Å². The van der Waals surface area contributed by atoms with E-state index in [9.17, 15) is 0 Å². The smallest absolute Gasteiger partial charge is 0.0799 e. The minimum absolute atomic E-state index is 0.418. The summed E-state index contributed by atoms with van der Waals surface area (Å²) in [5.41, 5.74) is 3.85. The number of hydrogen-bond donors (Lipinski definition) is 0. The standard InChI is InChI=1S/C20H29Si/c1-7-15-9-11-16(12-18(15)21(5)6)20-13-17(19(20,3)4)10-8-14(20)2/h7,9,11-12,14,17H,1,8,10,13H2,2-6H3. The van der Waals surface area contributed by atoms with Crippen LogP contribution in [0.5, 0.6) is 0 Å². The Hall–Kier alpha value is -0.823. The molecular weight excluding hydrogens is 268 g/mol. The van der Waals surface area contributed by atoms with Gasteiger partial charge in [-0.25, -0.2) is 0 Å². The van der Waals surface area contributed by atoms with Gasteiger partial charge in [0.05, 0.1) is 8.80 Å². The molecule has 1 radical (unpaired) electrons. The second kappa shape index (κ2) is 4.84. The summed E-state index contributed by atoms with van der Waals surface area (Å²) >= 11 is 0. The molecule has 0 spiro atoms. The summed E-state index contributed by atoms with van der Waals surface area (Å²) in [6.45, 7) is 16.3. The van der Waals surface area contributed by atoms with Crippen molar-refractivity contribution in [3.8, 4) is 0 Å². The number of rotatable bonds is 3. The third-order valence-corrected chi connectivity index (χ3v) is 8.37. The molecule has 0 aliphatic heterocycles. The van der Waals surface area contributed by atoms with Crippen LogP contribution < -0.4 is 5.19 Å². The van der Waals surface area contributed by atoms with E-state index in [4.69, 9.17) is 0 Å². The molecule has 0 amide bonds. The Balaban J connectivity index is 2.12. The van der Waals surface area contributed by atoms with Crippen molar-refractivity contribution in [2.45, 2.75) is 58.5 Å². The molecular formula is C20H29Si. The van der Waals surface area contributed by atoms with Crippen LogP contribution in [-0.4, -0.2) is 8.80 Å². The lowest BCUT2D eigenvalue weighted by atomic mass is 9.35. The van der Waals surface area contributed by atoms with Gasteiger partial charge >= 0.3 is 0 Å². The third kappa shape index (κ3) is 1.86. The van der Waals surface area contributed by atoms with Gasteiger partial charge in [-0.2, -0.15) is 0 Å². The van der Waals surface area contributed by atoms with Crippen LogP contribution in [0, 0.1) is 17.3 Å². The molecule has 3 aliphatic carbocycles. The van der Waals surface area contributed by atoms with E-state index in [1.165, 1.54) is 24.8 Å². The third-order valence-electron chi connectivity index (χ3n) is 6.86. The van der Waals surface area contributed by atoms with Crippen LogP contribution >= 0.6 is 0 Å². The van der Waals surface area contributed by atoms with E-state index >= 15 is 0 Å². The minimum atomic E-state index is -0.448. The SMILES string of the molecule is C=Cc1ccc(C23CC(CCC2C)C3(C)C)cc1[Si](C)C. The molecule has 1 aromatic rings. The van der Waals surface area contributed by atoms with Crippen molar-refractivity contribution in [2.75, 3.05) is 0 Å². The molecule has 1 heteroatoms. The molecule has 3 atom stereocenters. The second-order valence-electron chi connectivity index (χ2n) is 8.08. The number of benzene rings is 1. The highest BCUT2D eigenvalue weighted by molar-refractivity contribution is 6.71. The largest absolute Gasteiger partial charge is 0.0985 e. The Kier molecular flexibility index (Phi) is 3.48. The minimum Gasteiger partial charge on any atom is -0.0985 e. The highest BCUT2D eigenvalue weighted by Gasteiger charge is 2.64. The molecule has 3 aliphatic rings. The molecule has 113 valence electrons. The monoisotopic (exact) mass is 297 g/mol. The first-order chi connectivity index (χ1) is 9.84. The average molecular weight is 298 g/mol. The summed E-state index contributed by atoms with van der Waals surface area (Å²) in [5, 5.41) is 1.57. The summed E-state index contributed by atoms with van der Waals surface area (Å²) in [7, 11) is -0.448. The average Bonchev–Trinajstić information content (AvgIpc) is 2.46. The zero-order valence-electron chi connectivity index (χ0n) is 14.3. The molecule has 3 saturated carbocycles. The van der Waals surface area contributed by atoms with E-state index in [0.29, 0.717) is 10.8 Å². The maximum absolute atomic E-state index is 4.00. The van der Waals surface area contributed by atoms with Crippen molar-refractivity contribution in [1.29, 1.82) is 0 Å². The summed E-state index contributed by atoms with van der Waals surface area (Å²) in [6.07, 6.45) is 6.28. The lowest BCUT2D eigenvalue weighted by Crippen LogP contribution is -2.64. The first kappa shape index (κ1) is 15.1. The molecule has 0 aromatic heterocycles. The van der Waals surface area contributed by atoms with Crippen LogP contribution in [0.1, 0.15) is 51.2 Å². The van der Waals surface area contributed by atoms with Crippen molar-refractivity contribution in [3.05, 3.63) is 35.9 Å². The van der Waals surface area contributed by atoms with E-state index in [2.05, 4.69) is 58.6 Å². The van der Waals surface area contributed by atoms with Crippen molar-refractivity contribution >= 4 is 20.1 Å². The predicted octanol–water partition coefficient (Wildman–Crippen LogP) is 5.00. The molecule has 2 bridgehead atoms. The van der Waals surface area contributed by atoms with E-state index in [0.717, 1.165) is 11.8 Å². The number of hydrogen-bond acceptors (Lipinski definition) is 0. The zero-order valence-corrected chi connectivity index (χ0v) is 15.3. The fraction of sp³-hybridized carbons (Fsp3) is 0.600.